The van der Waals surface area contributed by atoms with Gasteiger partial charge in [-0.2, -0.15) is 0 Å². The Labute approximate surface area is 204 Å². The van der Waals surface area contributed by atoms with Crippen molar-refractivity contribution in [3.63, 3.8) is 0 Å². The number of nitrogens with zero attached hydrogens (tertiary/aromatic N) is 3. The van der Waals surface area contributed by atoms with E-state index in [1.165, 1.54) is 0 Å². The van der Waals surface area contributed by atoms with E-state index in [4.69, 9.17) is 24.1 Å². The number of para-hydroxylation sites is 1. The van der Waals surface area contributed by atoms with Crippen LogP contribution < -0.4 is 5.56 Å². The molecule has 2 aliphatic rings. The summed E-state index contributed by atoms with van der Waals surface area (Å²) in [5.74, 6) is -0.422. The lowest BCUT2D eigenvalue weighted by Gasteiger charge is -2.32. The van der Waals surface area contributed by atoms with Crippen LogP contribution in [0.3, 0.4) is 0 Å². The summed E-state index contributed by atoms with van der Waals surface area (Å²) in [5.41, 5.74) is 2.05. The van der Waals surface area contributed by atoms with Gasteiger partial charge in [-0.1, -0.05) is 18.2 Å². The molecule has 1 amide bonds. The van der Waals surface area contributed by atoms with Crippen LogP contribution in [0.2, 0.25) is 0 Å². The van der Waals surface area contributed by atoms with Gasteiger partial charge in [0.25, 0.3) is 11.5 Å². The van der Waals surface area contributed by atoms with Crippen LogP contribution in [0.1, 0.15) is 23.6 Å². The van der Waals surface area contributed by atoms with E-state index in [2.05, 4.69) is 0 Å². The van der Waals surface area contributed by atoms with Crippen molar-refractivity contribution in [2.24, 2.45) is 7.05 Å². The number of allylic oxidation sites excluding steroid dienone is 1. The third-order valence-electron chi connectivity index (χ3n) is 6.30. The van der Waals surface area contributed by atoms with Crippen molar-refractivity contribution < 1.29 is 28.8 Å². The Morgan fingerprint density at radius 2 is 1.89 bits per heavy atom. The Kier molecular flexibility index (Phi) is 8.40. The minimum atomic E-state index is -0.716. The van der Waals surface area contributed by atoms with E-state index in [1.807, 2.05) is 49.0 Å². The summed E-state index contributed by atoms with van der Waals surface area (Å²) in [6.45, 7) is 4.50. The number of aliphatic hydroxyl groups excluding tert-OH is 1. The first-order chi connectivity index (χ1) is 17.0. The fraction of sp³-hybridized carbons (Fsp3) is 0.520. The Hall–Kier alpha value is -2.92. The molecule has 0 aliphatic carbocycles. The van der Waals surface area contributed by atoms with Gasteiger partial charge in [0.15, 0.2) is 5.76 Å². The van der Waals surface area contributed by atoms with Crippen LogP contribution in [0, 0.1) is 6.92 Å². The van der Waals surface area contributed by atoms with Gasteiger partial charge < -0.3 is 29.0 Å². The maximum Gasteiger partial charge on any atom is 0.288 e. The monoisotopic (exact) mass is 487 g/mol. The molecule has 0 unspecified atom stereocenters. The zero-order chi connectivity index (χ0) is 24.8. The highest BCUT2D eigenvalue weighted by atomic mass is 16.7. The molecular weight excluding hydrogens is 454 g/mol. The molecule has 1 N–H and O–H groups in total. The van der Waals surface area contributed by atoms with Crippen LogP contribution in [0.5, 0.6) is 0 Å². The van der Waals surface area contributed by atoms with Gasteiger partial charge in [0.1, 0.15) is 0 Å². The molecule has 10 nitrogen and oxygen atoms in total. The second-order valence-corrected chi connectivity index (χ2v) is 8.51. The molecule has 0 saturated carbocycles. The number of ether oxygens (including phenoxy) is 4. The largest absolute Gasteiger partial charge is 0.459 e. The van der Waals surface area contributed by atoms with Gasteiger partial charge in [-0.15, -0.1) is 0 Å². The lowest BCUT2D eigenvalue weighted by atomic mass is 9.93. The number of rotatable bonds is 9. The number of hydrogen-bond acceptors (Lipinski definition) is 7. The highest BCUT2D eigenvalue weighted by molar-refractivity contribution is 5.91. The van der Waals surface area contributed by atoms with Crippen LogP contribution in [0.4, 0.5) is 0 Å². The van der Waals surface area contributed by atoms with E-state index < -0.39 is 6.29 Å². The summed E-state index contributed by atoms with van der Waals surface area (Å²) in [6, 6.07) is 9.45. The fourth-order valence-corrected chi connectivity index (χ4v) is 4.46. The zero-order valence-corrected chi connectivity index (χ0v) is 20.2. The number of benzene rings is 1. The van der Waals surface area contributed by atoms with Gasteiger partial charge in [-0.05, 0) is 25.1 Å². The number of morpholine rings is 1. The smallest absolute Gasteiger partial charge is 0.288 e. The average molecular weight is 488 g/mol. The number of hydrogen-bond donors (Lipinski definition) is 1. The molecular formula is C25H33N3O7. The second-order valence-electron chi connectivity index (χ2n) is 8.51. The van der Waals surface area contributed by atoms with Crippen LogP contribution >= 0.6 is 0 Å². The van der Waals surface area contributed by atoms with Gasteiger partial charge in [0.2, 0.25) is 6.29 Å². The highest BCUT2D eigenvalue weighted by Gasteiger charge is 2.34. The number of carbonyl (C=O) groups excluding carboxylic acids is 1. The molecule has 0 radical (unpaired) electrons. The number of aliphatic hydroxyl groups is 1. The van der Waals surface area contributed by atoms with Crippen molar-refractivity contribution in [2.75, 3.05) is 52.7 Å². The Morgan fingerprint density at radius 3 is 2.60 bits per heavy atom. The third-order valence-corrected chi connectivity index (χ3v) is 6.30. The Balaban J connectivity index is 1.63. The van der Waals surface area contributed by atoms with E-state index in [9.17, 15) is 9.59 Å². The molecule has 190 valence electrons. The number of aromatic nitrogens is 2. The van der Waals surface area contributed by atoms with Gasteiger partial charge >= 0.3 is 0 Å². The molecule has 1 saturated heterocycles. The molecule has 10 heteroatoms. The van der Waals surface area contributed by atoms with Crippen molar-refractivity contribution in [2.45, 2.75) is 25.6 Å². The van der Waals surface area contributed by atoms with Gasteiger partial charge in [0, 0.05) is 43.7 Å². The Morgan fingerprint density at radius 1 is 1.14 bits per heavy atom. The van der Waals surface area contributed by atoms with Gasteiger partial charge in [0.05, 0.1) is 45.3 Å². The van der Waals surface area contributed by atoms with E-state index in [-0.39, 0.29) is 49.6 Å². The molecule has 0 bridgehead atoms. The van der Waals surface area contributed by atoms with Crippen molar-refractivity contribution in [1.29, 1.82) is 0 Å². The summed E-state index contributed by atoms with van der Waals surface area (Å²) in [4.78, 5) is 28.5. The highest BCUT2D eigenvalue weighted by Crippen LogP contribution is 2.32. The van der Waals surface area contributed by atoms with Crippen molar-refractivity contribution >= 4 is 5.91 Å². The lowest BCUT2D eigenvalue weighted by molar-refractivity contribution is -0.158. The Bertz CT molecular complexity index is 1090. The van der Waals surface area contributed by atoms with Crippen LogP contribution in [0.15, 0.2) is 47.0 Å². The minimum absolute atomic E-state index is 0.0656. The first kappa shape index (κ1) is 25.2. The zero-order valence-electron chi connectivity index (χ0n) is 20.2. The first-order valence-electron chi connectivity index (χ1n) is 11.9. The maximum absolute atomic E-state index is 13.6. The molecule has 2 atom stereocenters. The lowest BCUT2D eigenvalue weighted by Crippen LogP contribution is -2.43. The summed E-state index contributed by atoms with van der Waals surface area (Å²) < 4.78 is 25.9. The molecule has 1 fully saturated rings. The van der Waals surface area contributed by atoms with E-state index in [0.717, 1.165) is 11.4 Å². The van der Waals surface area contributed by atoms with Crippen LogP contribution in [-0.4, -0.2) is 84.3 Å². The number of carbonyl (C=O) groups is 1. The van der Waals surface area contributed by atoms with E-state index >= 15 is 0 Å². The van der Waals surface area contributed by atoms with Crippen molar-refractivity contribution in [3.8, 4) is 5.69 Å². The summed E-state index contributed by atoms with van der Waals surface area (Å²) in [7, 11) is 1.85. The fourth-order valence-electron chi connectivity index (χ4n) is 4.46. The molecule has 4 rings (SSSR count). The normalized spacial score (nSPS) is 20.4. The second kappa shape index (κ2) is 11.7. The van der Waals surface area contributed by atoms with Gasteiger partial charge in [-0.25, -0.2) is 4.68 Å². The van der Waals surface area contributed by atoms with Crippen LogP contribution in [-0.2, 0) is 30.8 Å². The molecule has 2 aromatic rings. The van der Waals surface area contributed by atoms with Crippen molar-refractivity contribution in [3.05, 3.63) is 63.8 Å². The van der Waals surface area contributed by atoms with E-state index in [1.54, 1.807) is 15.7 Å². The minimum Gasteiger partial charge on any atom is -0.459 e. The molecule has 1 aromatic carbocycles. The summed E-state index contributed by atoms with van der Waals surface area (Å²) in [5, 5.41) is 8.87. The average Bonchev–Trinajstić information content (AvgIpc) is 3.11. The topological polar surface area (TPSA) is 104 Å². The van der Waals surface area contributed by atoms with Gasteiger partial charge in [-0.3, -0.25) is 14.3 Å². The molecule has 2 aliphatic heterocycles. The SMILES string of the molecule is Cc1c([C@@H]2C=C(C(=O)N3CCOCC3)O[C@H](OCCOCCO)C2)c(=O)n(-c2ccccc2)n1C. The predicted molar refractivity (Wildman–Crippen MR) is 127 cm³/mol. The molecule has 1 aromatic heterocycles. The van der Waals surface area contributed by atoms with E-state index in [0.29, 0.717) is 38.3 Å². The van der Waals surface area contributed by atoms with Crippen LogP contribution in [0.25, 0.3) is 5.69 Å². The first-order valence-corrected chi connectivity index (χ1v) is 11.9. The maximum atomic E-state index is 13.6. The summed E-state index contributed by atoms with van der Waals surface area (Å²) >= 11 is 0. The summed E-state index contributed by atoms with van der Waals surface area (Å²) in [6.07, 6.45) is 1.42. The van der Waals surface area contributed by atoms with Crippen molar-refractivity contribution in [1.82, 2.24) is 14.3 Å². The number of amides is 1. The predicted octanol–water partition coefficient (Wildman–Crippen LogP) is 1.08. The molecule has 35 heavy (non-hydrogen) atoms. The molecule has 3 heterocycles. The standard InChI is InChI=1S/C25H33N3O7/c1-18-23(25(31)28(26(18)2)20-6-4-3-5-7-20)19-16-21(24(30)27-8-11-32-12-9-27)35-22(17-19)34-15-14-33-13-10-29/h3-7,16,19,22,29H,8-15,17H2,1-2H3/t19-,22+/m1/s1. The third kappa shape index (κ3) is 5.67. The quantitative estimate of drug-likeness (QED) is 0.528. The molecule has 0 spiro atoms.